The average molecular weight is 277 g/mol. The average Bonchev–Trinajstić information content (AvgIpc) is 2.79. The second-order valence-electron chi connectivity index (χ2n) is 4.42. The topological polar surface area (TPSA) is 49.0 Å². The highest BCUT2D eigenvalue weighted by Crippen LogP contribution is 2.20. The molecular formula is C14H19N3OS. The Bertz CT molecular complexity index is 575. The number of hydrogen-bond donors (Lipinski definition) is 1. The number of carbonyl (C=O) groups excluding carboxylic acids is 1. The summed E-state index contributed by atoms with van der Waals surface area (Å²) in [6, 6.07) is 6.12. The number of aromatic nitrogens is 2. The Hall–Kier alpha value is -1.49. The number of hydrogen-bond acceptors (Lipinski definition) is 3. The molecule has 0 aliphatic heterocycles. The molecule has 0 atom stereocenters. The Morgan fingerprint density at radius 3 is 2.79 bits per heavy atom. The van der Waals surface area contributed by atoms with E-state index in [2.05, 4.69) is 16.0 Å². The lowest BCUT2D eigenvalue weighted by Crippen LogP contribution is -2.31. The Labute approximate surface area is 117 Å². The summed E-state index contributed by atoms with van der Waals surface area (Å²) in [6.07, 6.45) is 0. The summed E-state index contributed by atoms with van der Waals surface area (Å²) >= 11 is 1.46. The van der Waals surface area contributed by atoms with Gasteiger partial charge in [-0.3, -0.25) is 4.79 Å². The molecule has 0 fully saturated rings. The monoisotopic (exact) mass is 277 g/mol. The van der Waals surface area contributed by atoms with Gasteiger partial charge in [-0.2, -0.15) is 0 Å². The molecule has 0 aliphatic rings. The number of nitrogens with zero attached hydrogens (tertiary/aromatic N) is 2. The first-order valence-corrected chi connectivity index (χ1v) is 7.49. The van der Waals surface area contributed by atoms with Gasteiger partial charge in [0.15, 0.2) is 5.16 Å². The lowest BCUT2D eigenvalue weighted by Gasteiger charge is -2.17. The van der Waals surface area contributed by atoms with Crippen LogP contribution in [0.2, 0.25) is 0 Å². The molecule has 0 aliphatic carbocycles. The van der Waals surface area contributed by atoms with Crippen molar-refractivity contribution >= 4 is 28.7 Å². The molecule has 0 bridgehead atoms. The standard InChI is InChI=1S/C14H19N3OS/c1-4-17(5-2)13(18)9-19-14-15-11-7-6-10(3)8-12(11)16-14/h6-8H,4-5,9H2,1-3H3,(H,15,16). The van der Waals surface area contributed by atoms with E-state index in [-0.39, 0.29) is 5.91 Å². The van der Waals surface area contributed by atoms with Crippen LogP contribution in [0.15, 0.2) is 23.4 Å². The smallest absolute Gasteiger partial charge is 0.233 e. The summed E-state index contributed by atoms with van der Waals surface area (Å²) in [5.41, 5.74) is 3.16. The molecular weight excluding hydrogens is 258 g/mol. The van der Waals surface area contributed by atoms with E-state index in [0.717, 1.165) is 29.3 Å². The lowest BCUT2D eigenvalue weighted by atomic mass is 10.2. The number of aromatic amines is 1. The van der Waals surface area contributed by atoms with Crippen molar-refractivity contribution in [2.75, 3.05) is 18.8 Å². The second-order valence-corrected chi connectivity index (χ2v) is 5.38. The predicted octanol–water partition coefficient (Wildman–Crippen LogP) is 2.83. The second kappa shape index (κ2) is 6.10. The van der Waals surface area contributed by atoms with Gasteiger partial charge >= 0.3 is 0 Å². The third-order valence-corrected chi connectivity index (χ3v) is 3.92. The van der Waals surface area contributed by atoms with E-state index in [0.29, 0.717) is 5.75 Å². The SMILES string of the molecule is CCN(CC)C(=O)CSc1nc2cc(C)ccc2[nH]1. The number of aryl methyl sites for hydroxylation is 1. The third-order valence-electron chi connectivity index (χ3n) is 3.07. The van der Waals surface area contributed by atoms with Gasteiger partial charge in [-0.1, -0.05) is 17.8 Å². The maximum Gasteiger partial charge on any atom is 0.233 e. The maximum atomic E-state index is 11.9. The first-order chi connectivity index (χ1) is 9.13. The number of thioether (sulfide) groups is 1. The van der Waals surface area contributed by atoms with Crippen molar-refractivity contribution in [3.05, 3.63) is 23.8 Å². The molecule has 5 heteroatoms. The molecule has 2 aromatic rings. The Kier molecular flexibility index (Phi) is 4.47. The predicted molar refractivity (Wildman–Crippen MR) is 79.5 cm³/mol. The largest absolute Gasteiger partial charge is 0.343 e. The molecule has 0 saturated heterocycles. The fourth-order valence-corrected chi connectivity index (χ4v) is 2.75. The summed E-state index contributed by atoms with van der Waals surface area (Å²) < 4.78 is 0. The van der Waals surface area contributed by atoms with E-state index in [1.165, 1.54) is 17.3 Å². The number of rotatable bonds is 5. The van der Waals surface area contributed by atoms with Gasteiger partial charge in [-0.25, -0.2) is 4.98 Å². The summed E-state index contributed by atoms with van der Waals surface area (Å²) in [6.45, 7) is 7.56. The minimum Gasteiger partial charge on any atom is -0.343 e. The first kappa shape index (κ1) is 13.9. The molecule has 1 amide bonds. The minimum absolute atomic E-state index is 0.159. The van der Waals surface area contributed by atoms with E-state index in [9.17, 15) is 4.79 Å². The summed E-state index contributed by atoms with van der Waals surface area (Å²) in [7, 11) is 0. The van der Waals surface area contributed by atoms with E-state index in [1.807, 2.05) is 37.8 Å². The van der Waals surface area contributed by atoms with Gasteiger partial charge < -0.3 is 9.88 Å². The number of benzene rings is 1. The quantitative estimate of drug-likeness (QED) is 0.855. The molecule has 0 unspecified atom stereocenters. The van der Waals surface area contributed by atoms with Crippen LogP contribution in [-0.4, -0.2) is 39.6 Å². The van der Waals surface area contributed by atoms with E-state index >= 15 is 0 Å². The van der Waals surface area contributed by atoms with Crippen molar-refractivity contribution in [2.45, 2.75) is 25.9 Å². The van der Waals surface area contributed by atoms with E-state index in [4.69, 9.17) is 0 Å². The van der Waals surface area contributed by atoms with Crippen LogP contribution in [0.1, 0.15) is 19.4 Å². The lowest BCUT2D eigenvalue weighted by molar-refractivity contribution is -0.127. The number of nitrogens with one attached hydrogen (secondary N) is 1. The van der Waals surface area contributed by atoms with Crippen molar-refractivity contribution in [2.24, 2.45) is 0 Å². The molecule has 0 spiro atoms. The van der Waals surface area contributed by atoms with Crippen LogP contribution in [0.3, 0.4) is 0 Å². The van der Waals surface area contributed by atoms with Crippen LogP contribution >= 0.6 is 11.8 Å². The van der Waals surface area contributed by atoms with Gasteiger partial charge in [-0.15, -0.1) is 0 Å². The van der Waals surface area contributed by atoms with Crippen molar-refractivity contribution in [1.29, 1.82) is 0 Å². The Balaban J connectivity index is 2.03. The van der Waals surface area contributed by atoms with Crippen molar-refractivity contribution in [3.8, 4) is 0 Å². The molecule has 4 nitrogen and oxygen atoms in total. The molecule has 1 N–H and O–H groups in total. The van der Waals surface area contributed by atoms with E-state index < -0.39 is 0 Å². The van der Waals surface area contributed by atoms with E-state index in [1.54, 1.807) is 0 Å². The first-order valence-electron chi connectivity index (χ1n) is 6.51. The zero-order chi connectivity index (χ0) is 13.8. The molecule has 19 heavy (non-hydrogen) atoms. The van der Waals surface area contributed by atoms with Crippen molar-refractivity contribution in [3.63, 3.8) is 0 Å². The Morgan fingerprint density at radius 2 is 2.11 bits per heavy atom. The molecule has 0 saturated carbocycles. The molecule has 1 aromatic heterocycles. The number of H-pyrrole nitrogens is 1. The minimum atomic E-state index is 0.159. The molecule has 2 rings (SSSR count). The summed E-state index contributed by atoms with van der Waals surface area (Å²) in [5, 5.41) is 0.807. The van der Waals surface area contributed by atoms with Gasteiger partial charge in [-0.05, 0) is 38.5 Å². The Morgan fingerprint density at radius 1 is 1.37 bits per heavy atom. The van der Waals surface area contributed by atoms with Gasteiger partial charge in [0.1, 0.15) is 0 Å². The van der Waals surface area contributed by atoms with Crippen LogP contribution in [0, 0.1) is 6.92 Å². The summed E-state index contributed by atoms with van der Waals surface area (Å²) in [5.74, 6) is 0.590. The van der Waals surface area contributed by atoms with Crippen molar-refractivity contribution < 1.29 is 4.79 Å². The number of imidazole rings is 1. The van der Waals surface area contributed by atoms with Crippen LogP contribution < -0.4 is 0 Å². The normalized spacial score (nSPS) is 10.9. The van der Waals surface area contributed by atoms with Gasteiger partial charge in [0.2, 0.25) is 5.91 Å². The van der Waals surface area contributed by atoms with Crippen LogP contribution in [-0.2, 0) is 4.79 Å². The van der Waals surface area contributed by atoms with Gasteiger partial charge in [0.05, 0.1) is 16.8 Å². The van der Waals surface area contributed by atoms with Gasteiger partial charge in [0, 0.05) is 13.1 Å². The molecule has 0 radical (unpaired) electrons. The fourth-order valence-electron chi connectivity index (χ4n) is 1.96. The molecule has 1 heterocycles. The maximum absolute atomic E-state index is 11.9. The zero-order valence-corrected chi connectivity index (χ0v) is 12.4. The fraction of sp³-hybridized carbons (Fsp3) is 0.429. The molecule has 1 aromatic carbocycles. The van der Waals surface area contributed by atoms with Crippen molar-refractivity contribution in [1.82, 2.24) is 14.9 Å². The summed E-state index contributed by atoms with van der Waals surface area (Å²) in [4.78, 5) is 21.5. The molecule has 102 valence electrons. The van der Waals surface area contributed by atoms with Crippen LogP contribution in [0.25, 0.3) is 11.0 Å². The number of carbonyl (C=O) groups is 1. The van der Waals surface area contributed by atoms with Crippen LogP contribution in [0.4, 0.5) is 0 Å². The zero-order valence-electron chi connectivity index (χ0n) is 11.6. The number of fused-ring (bicyclic) bond motifs is 1. The number of amides is 1. The highest BCUT2D eigenvalue weighted by atomic mass is 32.2. The van der Waals surface area contributed by atoms with Gasteiger partial charge in [0.25, 0.3) is 0 Å². The van der Waals surface area contributed by atoms with Crippen LogP contribution in [0.5, 0.6) is 0 Å². The highest BCUT2D eigenvalue weighted by Gasteiger charge is 2.11. The third kappa shape index (κ3) is 3.29. The highest BCUT2D eigenvalue weighted by molar-refractivity contribution is 7.99.